The molecule has 0 saturated carbocycles. The molecule has 3 N–H and O–H groups in total. The standard InChI is InChI=1S/C16H12BrN3O3S/c17-10-4-1-3-9(7-10)8-18-15(22)12-13(21)16(23)20-14(19-12)11-5-2-6-24-11/h1-7,21H,8H2,(H,18,22)(H,19,20,23). The Morgan fingerprint density at radius 3 is 2.75 bits per heavy atom. The molecule has 0 fully saturated rings. The Hall–Kier alpha value is -2.45. The van der Waals surface area contributed by atoms with Gasteiger partial charge >= 0.3 is 0 Å². The molecule has 1 aromatic carbocycles. The van der Waals surface area contributed by atoms with Gasteiger partial charge in [0.15, 0.2) is 11.5 Å². The zero-order valence-electron chi connectivity index (χ0n) is 12.2. The zero-order valence-corrected chi connectivity index (χ0v) is 14.6. The van der Waals surface area contributed by atoms with E-state index in [-0.39, 0.29) is 18.1 Å². The lowest BCUT2D eigenvalue weighted by atomic mass is 10.2. The molecule has 0 aliphatic carbocycles. The molecule has 3 aromatic rings. The summed E-state index contributed by atoms with van der Waals surface area (Å²) in [5.41, 5.74) is 0.620. The van der Waals surface area contributed by atoms with Crippen LogP contribution in [0, 0.1) is 0 Å². The van der Waals surface area contributed by atoms with Gasteiger partial charge < -0.3 is 15.5 Å². The third-order valence-electron chi connectivity index (χ3n) is 3.16. The summed E-state index contributed by atoms with van der Waals surface area (Å²) in [6.45, 7) is 0.261. The molecule has 0 atom stereocenters. The maximum atomic E-state index is 12.3. The van der Waals surface area contributed by atoms with E-state index < -0.39 is 17.5 Å². The van der Waals surface area contributed by atoms with Crippen molar-refractivity contribution in [1.29, 1.82) is 0 Å². The van der Waals surface area contributed by atoms with E-state index >= 15 is 0 Å². The molecule has 6 nitrogen and oxygen atoms in total. The molecule has 2 heterocycles. The number of carbonyl (C=O) groups is 1. The quantitative estimate of drug-likeness (QED) is 0.618. The first-order valence-electron chi connectivity index (χ1n) is 6.91. The number of aromatic nitrogens is 2. The highest BCUT2D eigenvalue weighted by molar-refractivity contribution is 9.10. The summed E-state index contributed by atoms with van der Waals surface area (Å²) in [4.78, 5) is 20.9. The minimum Gasteiger partial charge on any atom is -0.501 e. The zero-order chi connectivity index (χ0) is 17.1. The van der Waals surface area contributed by atoms with Crippen LogP contribution in [0.3, 0.4) is 0 Å². The number of nitrogens with one attached hydrogen (secondary N) is 1. The van der Waals surface area contributed by atoms with Crippen molar-refractivity contribution in [2.75, 3.05) is 0 Å². The number of amides is 1. The van der Waals surface area contributed by atoms with Crippen LogP contribution in [0.2, 0.25) is 0 Å². The van der Waals surface area contributed by atoms with E-state index in [9.17, 15) is 15.0 Å². The summed E-state index contributed by atoms with van der Waals surface area (Å²) in [6.07, 6.45) is 0. The van der Waals surface area contributed by atoms with Crippen molar-refractivity contribution in [2.45, 2.75) is 6.54 Å². The summed E-state index contributed by atoms with van der Waals surface area (Å²) in [6, 6.07) is 11.0. The van der Waals surface area contributed by atoms with E-state index in [4.69, 9.17) is 0 Å². The van der Waals surface area contributed by atoms with E-state index in [2.05, 4.69) is 31.2 Å². The highest BCUT2D eigenvalue weighted by Crippen LogP contribution is 2.30. The Bertz CT molecular complexity index is 884. The molecular weight excluding hydrogens is 394 g/mol. The number of benzene rings is 1. The fraction of sp³-hybridized carbons (Fsp3) is 0.0625. The van der Waals surface area contributed by atoms with E-state index in [1.54, 1.807) is 12.1 Å². The van der Waals surface area contributed by atoms with Gasteiger partial charge in [0.25, 0.3) is 11.8 Å². The van der Waals surface area contributed by atoms with Crippen molar-refractivity contribution < 1.29 is 15.0 Å². The van der Waals surface area contributed by atoms with E-state index in [0.717, 1.165) is 10.0 Å². The number of halogens is 1. The molecular formula is C16H12BrN3O3S. The first-order valence-corrected chi connectivity index (χ1v) is 8.58. The van der Waals surface area contributed by atoms with Gasteiger partial charge in [-0.1, -0.05) is 34.1 Å². The summed E-state index contributed by atoms with van der Waals surface area (Å²) in [7, 11) is 0. The lowest BCUT2D eigenvalue weighted by Crippen LogP contribution is -2.24. The topological polar surface area (TPSA) is 95.3 Å². The van der Waals surface area contributed by atoms with Gasteiger partial charge in [0.05, 0.1) is 4.88 Å². The minimum atomic E-state index is -0.637. The van der Waals surface area contributed by atoms with Gasteiger partial charge in [-0.2, -0.15) is 4.98 Å². The van der Waals surface area contributed by atoms with Crippen molar-refractivity contribution in [3.63, 3.8) is 0 Å². The Labute approximate surface area is 150 Å². The molecule has 3 rings (SSSR count). The van der Waals surface area contributed by atoms with Gasteiger partial charge in [0.1, 0.15) is 0 Å². The second-order valence-corrected chi connectivity index (χ2v) is 6.72. The number of hydrogen-bond acceptors (Lipinski definition) is 6. The van der Waals surface area contributed by atoms with Gasteiger partial charge in [0.2, 0.25) is 5.75 Å². The van der Waals surface area contributed by atoms with Crippen LogP contribution in [0.4, 0.5) is 0 Å². The van der Waals surface area contributed by atoms with Crippen molar-refractivity contribution >= 4 is 33.2 Å². The Balaban J connectivity index is 1.84. The molecule has 1 amide bonds. The second kappa shape index (κ2) is 6.98. The average Bonchev–Trinajstić information content (AvgIpc) is 3.09. The van der Waals surface area contributed by atoms with Crippen LogP contribution in [0.15, 0.2) is 46.3 Å². The van der Waals surface area contributed by atoms with E-state index in [0.29, 0.717) is 4.88 Å². The Kier molecular flexibility index (Phi) is 4.77. The Morgan fingerprint density at radius 2 is 2.04 bits per heavy atom. The smallest absolute Gasteiger partial charge is 0.274 e. The highest BCUT2D eigenvalue weighted by atomic mass is 79.9. The molecule has 0 saturated heterocycles. The van der Waals surface area contributed by atoms with Crippen LogP contribution in [-0.4, -0.2) is 26.1 Å². The fourth-order valence-corrected chi connectivity index (χ4v) is 3.13. The number of hydrogen-bond donors (Lipinski definition) is 3. The number of carbonyl (C=O) groups excluding carboxylic acids is 1. The maximum absolute atomic E-state index is 12.3. The molecule has 0 aliphatic heterocycles. The van der Waals surface area contributed by atoms with Gasteiger partial charge in [-0.15, -0.1) is 11.3 Å². The fourth-order valence-electron chi connectivity index (χ4n) is 2.03. The molecule has 0 bridgehead atoms. The van der Waals surface area contributed by atoms with Crippen LogP contribution < -0.4 is 5.32 Å². The summed E-state index contributed by atoms with van der Waals surface area (Å²) in [5.74, 6) is -1.67. The molecule has 0 unspecified atom stereocenters. The van der Waals surface area contributed by atoms with Gasteiger partial charge in [-0.3, -0.25) is 4.79 Å². The monoisotopic (exact) mass is 405 g/mol. The van der Waals surface area contributed by atoms with Crippen molar-refractivity contribution in [3.05, 3.63) is 57.5 Å². The SMILES string of the molecule is O=C(NCc1cccc(Br)c1)c1nc(-c2cccs2)nc(O)c1O. The van der Waals surface area contributed by atoms with Gasteiger partial charge in [-0.25, -0.2) is 4.98 Å². The first kappa shape index (κ1) is 16.4. The van der Waals surface area contributed by atoms with E-state index in [1.165, 1.54) is 11.3 Å². The molecule has 2 aromatic heterocycles. The lowest BCUT2D eigenvalue weighted by Gasteiger charge is -2.08. The van der Waals surface area contributed by atoms with Crippen LogP contribution in [-0.2, 0) is 6.54 Å². The van der Waals surface area contributed by atoms with Crippen molar-refractivity contribution in [1.82, 2.24) is 15.3 Å². The van der Waals surface area contributed by atoms with Gasteiger partial charge in [0, 0.05) is 11.0 Å². The molecule has 8 heteroatoms. The molecule has 24 heavy (non-hydrogen) atoms. The number of aromatic hydroxyl groups is 2. The number of thiophene rings is 1. The van der Waals surface area contributed by atoms with E-state index in [1.807, 2.05) is 29.6 Å². The largest absolute Gasteiger partial charge is 0.501 e. The van der Waals surface area contributed by atoms with Crippen LogP contribution in [0.1, 0.15) is 16.1 Å². The van der Waals surface area contributed by atoms with Crippen molar-refractivity contribution in [2.24, 2.45) is 0 Å². The van der Waals surface area contributed by atoms with Crippen LogP contribution >= 0.6 is 27.3 Å². The minimum absolute atomic E-state index is 0.188. The maximum Gasteiger partial charge on any atom is 0.274 e. The van der Waals surface area contributed by atoms with Gasteiger partial charge in [-0.05, 0) is 29.1 Å². The summed E-state index contributed by atoms with van der Waals surface area (Å²) >= 11 is 4.73. The molecule has 122 valence electrons. The molecule has 0 aliphatic rings. The predicted octanol–water partition coefficient (Wildman–Crippen LogP) is 3.31. The third-order valence-corrected chi connectivity index (χ3v) is 4.52. The average molecular weight is 406 g/mol. The molecule has 0 radical (unpaired) electrons. The number of rotatable bonds is 4. The normalized spacial score (nSPS) is 10.5. The highest BCUT2D eigenvalue weighted by Gasteiger charge is 2.20. The van der Waals surface area contributed by atoms with Crippen LogP contribution in [0.5, 0.6) is 11.6 Å². The lowest BCUT2D eigenvalue weighted by molar-refractivity contribution is 0.0942. The van der Waals surface area contributed by atoms with Crippen LogP contribution in [0.25, 0.3) is 10.7 Å². The Morgan fingerprint density at radius 1 is 1.21 bits per heavy atom. The summed E-state index contributed by atoms with van der Waals surface area (Å²) in [5, 5.41) is 24.2. The molecule has 0 spiro atoms. The van der Waals surface area contributed by atoms with Crippen molar-refractivity contribution in [3.8, 4) is 22.3 Å². The first-order chi connectivity index (χ1) is 11.5. The second-order valence-electron chi connectivity index (χ2n) is 4.86. The third kappa shape index (κ3) is 3.55. The summed E-state index contributed by atoms with van der Waals surface area (Å²) < 4.78 is 0.900. The predicted molar refractivity (Wildman–Crippen MR) is 94.0 cm³/mol. The number of nitrogens with zero attached hydrogens (tertiary/aromatic N) is 2.